The number of hydrogen-bond acceptors (Lipinski definition) is 3. The average molecular weight is 222 g/mol. The van der Waals surface area contributed by atoms with Crippen LogP contribution in [0.1, 0.15) is 29.8 Å². The van der Waals surface area contributed by atoms with E-state index >= 15 is 0 Å². The fourth-order valence-electron chi connectivity index (χ4n) is 1.32. The first-order chi connectivity index (χ1) is 7.54. The molecule has 0 radical (unpaired) electrons. The number of ether oxygens (including phenoxy) is 2. The van der Waals surface area contributed by atoms with Crippen LogP contribution in [0, 0.1) is 6.92 Å². The molecule has 0 amide bonds. The number of rotatable bonds is 5. The van der Waals surface area contributed by atoms with Gasteiger partial charge in [0, 0.05) is 5.56 Å². The minimum atomic E-state index is -0.0213. The fraction of sp³-hybridized carbons (Fsp3) is 0.462. The second kappa shape index (κ2) is 5.66. The Balaban J connectivity index is 2.76. The van der Waals surface area contributed by atoms with Gasteiger partial charge in [-0.2, -0.15) is 0 Å². The molecular formula is C13H18O3. The Hall–Kier alpha value is -1.35. The molecule has 0 heterocycles. The van der Waals surface area contributed by atoms with Gasteiger partial charge in [0.05, 0.1) is 13.2 Å². The number of ketones is 1. The van der Waals surface area contributed by atoms with E-state index in [0.29, 0.717) is 5.56 Å². The number of aryl methyl sites for hydroxylation is 1. The largest absolute Gasteiger partial charge is 0.496 e. The maximum atomic E-state index is 11.7. The molecule has 0 saturated carbocycles. The van der Waals surface area contributed by atoms with Gasteiger partial charge in [0.1, 0.15) is 12.4 Å². The monoisotopic (exact) mass is 222 g/mol. The van der Waals surface area contributed by atoms with Gasteiger partial charge in [-0.15, -0.1) is 0 Å². The molecule has 1 rings (SSSR count). The van der Waals surface area contributed by atoms with Crippen molar-refractivity contribution in [3.63, 3.8) is 0 Å². The zero-order valence-corrected chi connectivity index (χ0v) is 10.2. The number of Topliss-reactive ketones (excluding diaryl/α,β-unsaturated/α-hetero) is 1. The van der Waals surface area contributed by atoms with Crippen molar-refractivity contribution in [2.75, 3.05) is 13.7 Å². The van der Waals surface area contributed by atoms with Crippen molar-refractivity contribution in [2.24, 2.45) is 0 Å². The van der Waals surface area contributed by atoms with E-state index in [1.807, 2.05) is 26.8 Å². The second-order valence-corrected chi connectivity index (χ2v) is 3.97. The summed E-state index contributed by atoms with van der Waals surface area (Å²) in [6.07, 6.45) is 0.0660. The summed E-state index contributed by atoms with van der Waals surface area (Å²) in [5, 5.41) is 0. The van der Waals surface area contributed by atoms with Gasteiger partial charge >= 0.3 is 0 Å². The third-order valence-corrected chi connectivity index (χ3v) is 2.28. The maximum Gasteiger partial charge on any atom is 0.188 e. The predicted octanol–water partition coefficient (Wildman–Crippen LogP) is 2.61. The molecular weight excluding hydrogens is 204 g/mol. The van der Waals surface area contributed by atoms with E-state index in [4.69, 9.17) is 9.47 Å². The standard InChI is InChI=1S/C13H18O3/c1-9(2)16-8-12(14)11-6-5-10(3)13(7-11)15-4/h5-7,9H,8H2,1-4H3. The quantitative estimate of drug-likeness (QED) is 0.718. The van der Waals surface area contributed by atoms with Crippen LogP contribution >= 0.6 is 0 Å². The van der Waals surface area contributed by atoms with E-state index in [9.17, 15) is 4.79 Å². The van der Waals surface area contributed by atoms with E-state index in [1.54, 1.807) is 19.2 Å². The van der Waals surface area contributed by atoms with Crippen LogP contribution in [0.3, 0.4) is 0 Å². The number of hydrogen-bond donors (Lipinski definition) is 0. The SMILES string of the molecule is COc1cc(C(=O)COC(C)C)ccc1C. The average Bonchev–Trinajstić information content (AvgIpc) is 2.26. The smallest absolute Gasteiger partial charge is 0.188 e. The van der Waals surface area contributed by atoms with Gasteiger partial charge in [-0.1, -0.05) is 12.1 Å². The first kappa shape index (κ1) is 12.7. The maximum absolute atomic E-state index is 11.7. The lowest BCUT2D eigenvalue weighted by Crippen LogP contribution is -2.13. The van der Waals surface area contributed by atoms with Gasteiger partial charge in [-0.3, -0.25) is 4.79 Å². The van der Waals surface area contributed by atoms with Gasteiger partial charge in [0.15, 0.2) is 5.78 Å². The summed E-state index contributed by atoms with van der Waals surface area (Å²) in [5.41, 5.74) is 1.65. The topological polar surface area (TPSA) is 35.5 Å². The van der Waals surface area contributed by atoms with Crippen LogP contribution < -0.4 is 4.74 Å². The molecule has 0 aromatic heterocycles. The lowest BCUT2D eigenvalue weighted by atomic mass is 10.1. The molecule has 0 fully saturated rings. The molecule has 0 spiro atoms. The highest BCUT2D eigenvalue weighted by Gasteiger charge is 2.09. The molecule has 0 atom stereocenters. The highest BCUT2D eigenvalue weighted by Crippen LogP contribution is 2.19. The Morgan fingerprint density at radius 2 is 2.06 bits per heavy atom. The molecule has 0 aliphatic heterocycles. The minimum Gasteiger partial charge on any atom is -0.496 e. The van der Waals surface area contributed by atoms with Crippen LogP contribution in [-0.2, 0) is 4.74 Å². The van der Waals surface area contributed by atoms with E-state index in [0.717, 1.165) is 11.3 Å². The number of methoxy groups -OCH3 is 1. The van der Waals surface area contributed by atoms with Gasteiger partial charge in [0.2, 0.25) is 0 Å². The third kappa shape index (κ3) is 3.35. The summed E-state index contributed by atoms with van der Waals surface area (Å²) in [4.78, 5) is 11.7. The van der Waals surface area contributed by atoms with Crippen molar-refractivity contribution >= 4 is 5.78 Å². The van der Waals surface area contributed by atoms with Crippen molar-refractivity contribution in [2.45, 2.75) is 26.9 Å². The van der Waals surface area contributed by atoms with E-state index in [1.165, 1.54) is 0 Å². The van der Waals surface area contributed by atoms with Crippen LogP contribution in [-0.4, -0.2) is 25.6 Å². The molecule has 0 aliphatic rings. The summed E-state index contributed by atoms with van der Waals surface area (Å²) < 4.78 is 10.4. The number of benzene rings is 1. The Bertz CT molecular complexity index is 369. The van der Waals surface area contributed by atoms with Crippen molar-refractivity contribution in [1.29, 1.82) is 0 Å². The molecule has 0 bridgehead atoms. The molecule has 16 heavy (non-hydrogen) atoms. The number of carbonyl (C=O) groups excluding carboxylic acids is 1. The molecule has 1 aromatic carbocycles. The molecule has 3 nitrogen and oxygen atoms in total. The molecule has 0 aliphatic carbocycles. The fourth-order valence-corrected chi connectivity index (χ4v) is 1.32. The Morgan fingerprint density at radius 1 is 1.38 bits per heavy atom. The third-order valence-electron chi connectivity index (χ3n) is 2.28. The summed E-state index contributed by atoms with van der Waals surface area (Å²) in [5.74, 6) is 0.711. The summed E-state index contributed by atoms with van der Waals surface area (Å²) in [6, 6.07) is 5.42. The molecule has 0 N–H and O–H groups in total. The van der Waals surface area contributed by atoms with Gasteiger partial charge < -0.3 is 9.47 Å². The van der Waals surface area contributed by atoms with Gasteiger partial charge in [-0.05, 0) is 32.4 Å². The Labute approximate surface area is 96.4 Å². The van der Waals surface area contributed by atoms with E-state index in [-0.39, 0.29) is 18.5 Å². The van der Waals surface area contributed by atoms with E-state index in [2.05, 4.69) is 0 Å². The van der Waals surface area contributed by atoms with Crippen molar-refractivity contribution < 1.29 is 14.3 Å². The minimum absolute atomic E-state index is 0.0213. The lowest BCUT2D eigenvalue weighted by Gasteiger charge is -2.09. The van der Waals surface area contributed by atoms with Crippen molar-refractivity contribution in [1.82, 2.24) is 0 Å². The zero-order chi connectivity index (χ0) is 12.1. The van der Waals surface area contributed by atoms with Crippen molar-refractivity contribution in [3.8, 4) is 5.75 Å². The molecule has 88 valence electrons. The molecule has 0 unspecified atom stereocenters. The predicted molar refractivity (Wildman–Crippen MR) is 63.1 cm³/mol. The molecule has 0 saturated heterocycles. The lowest BCUT2D eigenvalue weighted by molar-refractivity contribution is 0.0584. The highest BCUT2D eigenvalue weighted by atomic mass is 16.5. The highest BCUT2D eigenvalue weighted by molar-refractivity contribution is 5.97. The molecule has 1 aromatic rings. The zero-order valence-electron chi connectivity index (χ0n) is 10.2. The van der Waals surface area contributed by atoms with Crippen LogP contribution in [0.4, 0.5) is 0 Å². The van der Waals surface area contributed by atoms with Crippen molar-refractivity contribution in [3.05, 3.63) is 29.3 Å². The normalized spacial score (nSPS) is 10.6. The first-order valence-electron chi connectivity index (χ1n) is 5.34. The van der Waals surface area contributed by atoms with E-state index < -0.39 is 0 Å². The van der Waals surface area contributed by atoms with Crippen LogP contribution in [0.2, 0.25) is 0 Å². The van der Waals surface area contributed by atoms with Gasteiger partial charge in [0.25, 0.3) is 0 Å². The number of carbonyl (C=O) groups is 1. The van der Waals surface area contributed by atoms with Crippen LogP contribution in [0.15, 0.2) is 18.2 Å². The second-order valence-electron chi connectivity index (χ2n) is 3.97. The first-order valence-corrected chi connectivity index (χ1v) is 5.34. The summed E-state index contributed by atoms with van der Waals surface area (Å²) >= 11 is 0. The van der Waals surface area contributed by atoms with Crippen LogP contribution in [0.5, 0.6) is 5.75 Å². The summed E-state index contributed by atoms with van der Waals surface area (Å²) in [7, 11) is 1.60. The van der Waals surface area contributed by atoms with Crippen LogP contribution in [0.25, 0.3) is 0 Å². The Kier molecular flexibility index (Phi) is 4.50. The summed E-state index contributed by atoms with van der Waals surface area (Å²) in [6.45, 7) is 5.87. The Morgan fingerprint density at radius 3 is 2.62 bits per heavy atom. The molecule has 3 heteroatoms. The van der Waals surface area contributed by atoms with Gasteiger partial charge in [-0.25, -0.2) is 0 Å².